The van der Waals surface area contributed by atoms with E-state index >= 15 is 0 Å². The first-order valence-corrected chi connectivity index (χ1v) is 7.06. The van der Waals surface area contributed by atoms with E-state index < -0.39 is 11.9 Å². The van der Waals surface area contributed by atoms with Gasteiger partial charge in [-0.1, -0.05) is 27.4 Å². The van der Waals surface area contributed by atoms with E-state index in [-0.39, 0.29) is 22.5 Å². The van der Waals surface area contributed by atoms with E-state index in [1.54, 1.807) is 0 Å². The van der Waals surface area contributed by atoms with Crippen LogP contribution in [0.4, 0.5) is 0 Å². The van der Waals surface area contributed by atoms with Gasteiger partial charge >= 0.3 is 5.97 Å². The lowest BCUT2D eigenvalue weighted by atomic mass is 9.70. The van der Waals surface area contributed by atoms with Gasteiger partial charge in [0.1, 0.15) is 6.10 Å². The molecule has 2 N–H and O–H groups in total. The molecule has 3 unspecified atom stereocenters. The summed E-state index contributed by atoms with van der Waals surface area (Å²) >= 11 is 0. The first kappa shape index (κ1) is 14.8. The SMILES string of the molecule is C=C(C=CC(=O)OC1CC2CCC1(C)C2(C)C)C(N)=O. The van der Waals surface area contributed by atoms with Gasteiger partial charge in [0.05, 0.1) is 0 Å². The number of hydrogen-bond acceptors (Lipinski definition) is 3. The van der Waals surface area contributed by atoms with Gasteiger partial charge in [0.25, 0.3) is 0 Å². The predicted octanol–water partition coefficient (Wildman–Crippen LogP) is 2.34. The molecule has 110 valence electrons. The van der Waals surface area contributed by atoms with E-state index in [1.807, 2.05) is 0 Å². The fourth-order valence-corrected chi connectivity index (χ4v) is 3.74. The standard InChI is InChI=1S/C16H23NO3/c1-10(14(17)19)5-6-13(18)20-12-9-11-7-8-16(12,4)15(11,2)3/h5-6,11-12H,1,7-9H2,2-4H3,(H2,17,19). The molecule has 4 nitrogen and oxygen atoms in total. The highest BCUT2D eigenvalue weighted by Crippen LogP contribution is 2.66. The number of carbonyl (C=O) groups excluding carboxylic acids is 2. The first-order chi connectivity index (χ1) is 9.18. The number of hydrogen-bond donors (Lipinski definition) is 1. The summed E-state index contributed by atoms with van der Waals surface area (Å²) in [4.78, 5) is 22.7. The Morgan fingerprint density at radius 3 is 2.40 bits per heavy atom. The van der Waals surface area contributed by atoms with Crippen molar-refractivity contribution in [3.05, 3.63) is 24.3 Å². The highest BCUT2D eigenvalue weighted by atomic mass is 16.5. The third kappa shape index (κ3) is 2.17. The monoisotopic (exact) mass is 277 g/mol. The number of ether oxygens (including phenoxy) is 1. The topological polar surface area (TPSA) is 69.4 Å². The Morgan fingerprint density at radius 1 is 1.30 bits per heavy atom. The molecular weight excluding hydrogens is 254 g/mol. The highest BCUT2D eigenvalue weighted by Gasteiger charge is 2.62. The van der Waals surface area contributed by atoms with Crippen molar-refractivity contribution in [2.45, 2.75) is 46.1 Å². The Kier molecular flexibility index (Phi) is 3.53. The zero-order valence-electron chi connectivity index (χ0n) is 12.4. The molecule has 3 atom stereocenters. The number of amides is 1. The van der Waals surface area contributed by atoms with E-state index in [0.717, 1.165) is 12.8 Å². The van der Waals surface area contributed by atoms with Crippen molar-refractivity contribution in [1.29, 1.82) is 0 Å². The van der Waals surface area contributed by atoms with Gasteiger partial charge in [0.15, 0.2) is 0 Å². The zero-order chi connectivity index (χ0) is 15.1. The largest absolute Gasteiger partial charge is 0.459 e. The lowest BCUT2D eigenvalue weighted by Gasteiger charge is -2.38. The molecule has 0 aromatic rings. The van der Waals surface area contributed by atoms with E-state index in [0.29, 0.717) is 5.92 Å². The lowest BCUT2D eigenvalue weighted by molar-refractivity contribution is -0.150. The van der Waals surface area contributed by atoms with Crippen LogP contribution in [0.5, 0.6) is 0 Å². The van der Waals surface area contributed by atoms with Gasteiger partial charge in [0, 0.05) is 17.1 Å². The van der Waals surface area contributed by atoms with E-state index in [1.165, 1.54) is 18.6 Å². The molecule has 1 amide bonds. The molecule has 0 heterocycles. The van der Waals surface area contributed by atoms with Crippen molar-refractivity contribution in [1.82, 2.24) is 0 Å². The molecule has 0 aliphatic heterocycles. The molecule has 20 heavy (non-hydrogen) atoms. The average molecular weight is 277 g/mol. The fourth-order valence-electron chi connectivity index (χ4n) is 3.74. The molecule has 0 radical (unpaired) electrons. The molecule has 2 saturated carbocycles. The molecule has 0 saturated heterocycles. The van der Waals surface area contributed by atoms with Gasteiger partial charge in [-0.15, -0.1) is 0 Å². The first-order valence-electron chi connectivity index (χ1n) is 7.06. The number of primary amides is 1. The molecule has 2 aliphatic rings. The van der Waals surface area contributed by atoms with Crippen molar-refractivity contribution >= 4 is 11.9 Å². The minimum Gasteiger partial charge on any atom is -0.459 e. The molecule has 2 bridgehead atoms. The van der Waals surface area contributed by atoms with E-state index in [2.05, 4.69) is 27.4 Å². The second kappa shape index (κ2) is 4.76. The Balaban J connectivity index is 2.01. The summed E-state index contributed by atoms with van der Waals surface area (Å²) in [6.07, 6.45) is 5.74. The molecule has 0 aromatic carbocycles. The molecule has 0 aromatic heterocycles. The van der Waals surface area contributed by atoms with Crippen molar-refractivity contribution in [2.24, 2.45) is 22.5 Å². The van der Waals surface area contributed by atoms with Crippen LogP contribution in [0.25, 0.3) is 0 Å². The normalized spacial score (nSPS) is 34.4. The molecular formula is C16H23NO3. The highest BCUT2D eigenvalue weighted by molar-refractivity contribution is 5.96. The number of esters is 1. The van der Waals surface area contributed by atoms with E-state index in [4.69, 9.17) is 10.5 Å². The van der Waals surface area contributed by atoms with Crippen LogP contribution in [0, 0.1) is 16.7 Å². The van der Waals surface area contributed by atoms with Gasteiger partial charge in [-0.25, -0.2) is 4.79 Å². The number of carbonyl (C=O) groups is 2. The Morgan fingerprint density at radius 2 is 1.95 bits per heavy atom. The van der Waals surface area contributed by atoms with Crippen molar-refractivity contribution < 1.29 is 14.3 Å². The molecule has 0 spiro atoms. The van der Waals surface area contributed by atoms with Gasteiger partial charge in [-0.05, 0) is 36.7 Å². The van der Waals surface area contributed by atoms with Crippen LogP contribution in [-0.2, 0) is 14.3 Å². The number of rotatable bonds is 4. The summed E-state index contributed by atoms with van der Waals surface area (Å²) in [7, 11) is 0. The van der Waals surface area contributed by atoms with Crippen LogP contribution in [0.15, 0.2) is 24.3 Å². The maximum Gasteiger partial charge on any atom is 0.331 e. The molecule has 4 heteroatoms. The third-order valence-corrected chi connectivity index (χ3v) is 5.71. The van der Waals surface area contributed by atoms with Crippen molar-refractivity contribution in [3.63, 3.8) is 0 Å². The quantitative estimate of drug-likeness (QED) is 0.487. The summed E-state index contributed by atoms with van der Waals surface area (Å²) in [6, 6.07) is 0. The van der Waals surface area contributed by atoms with Crippen LogP contribution >= 0.6 is 0 Å². The second-order valence-corrected chi connectivity index (χ2v) is 6.76. The van der Waals surface area contributed by atoms with Crippen LogP contribution in [0.1, 0.15) is 40.0 Å². The van der Waals surface area contributed by atoms with Crippen LogP contribution in [0.3, 0.4) is 0 Å². The lowest BCUT2D eigenvalue weighted by Crippen LogP contribution is -2.38. The third-order valence-electron chi connectivity index (χ3n) is 5.71. The average Bonchev–Trinajstić information content (AvgIpc) is 2.68. The van der Waals surface area contributed by atoms with Gasteiger partial charge in [-0.2, -0.15) is 0 Å². The number of nitrogens with two attached hydrogens (primary N) is 1. The molecule has 2 fully saturated rings. The summed E-state index contributed by atoms with van der Waals surface area (Å²) in [5.74, 6) is -0.445. The maximum absolute atomic E-state index is 11.9. The summed E-state index contributed by atoms with van der Waals surface area (Å²) in [6.45, 7) is 10.2. The summed E-state index contributed by atoms with van der Waals surface area (Å²) in [5, 5.41) is 0. The smallest absolute Gasteiger partial charge is 0.331 e. The van der Waals surface area contributed by atoms with Crippen LogP contribution in [-0.4, -0.2) is 18.0 Å². The Bertz CT molecular complexity index is 492. The van der Waals surface area contributed by atoms with Crippen LogP contribution in [0.2, 0.25) is 0 Å². The predicted molar refractivity (Wildman–Crippen MR) is 76.6 cm³/mol. The Hall–Kier alpha value is -1.58. The Labute approximate surface area is 120 Å². The molecule has 2 rings (SSSR count). The zero-order valence-corrected chi connectivity index (χ0v) is 12.4. The van der Waals surface area contributed by atoms with Gasteiger partial charge < -0.3 is 10.5 Å². The fraction of sp³-hybridized carbons (Fsp3) is 0.625. The van der Waals surface area contributed by atoms with Gasteiger partial charge in [0.2, 0.25) is 5.91 Å². The number of fused-ring (bicyclic) bond motifs is 2. The van der Waals surface area contributed by atoms with Crippen molar-refractivity contribution in [2.75, 3.05) is 0 Å². The minimum absolute atomic E-state index is 0.0435. The summed E-state index contributed by atoms with van der Waals surface area (Å²) in [5.41, 5.74) is 5.40. The van der Waals surface area contributed by atoms with Crippen molar-refractivity contribution in [3.8, 4) is 0 Å². The maximum atomic E-state index is 11.9. The van der Waals surface area contributed by atoms with E-state index in [9.17, 15) is 9.59 Å². The second-order valence-electron chi connectivity index (χ2n) is 6.76. The van der Waals surface area contributed by atoms with Gasteiger partial charge in [-0.3, -0.25) is 4.79 Å². The van der Waals surface area contributed by atoms with Crippen LogP contribution < -0.4 is 5.73 Å². The minimum atomic E-state index is -0.637. The summed E-state index contributed by atoms with van der Waals surface area (Å²) < 4.78 is 5.60. The molecule has 2 aliphatic carbocycles.